The van der Waals surface area contributed by atoms with Gasteiger partial charge in [0.25, 0.3) is 0 Å². The molecule has 0 saturated carbocycles. The maximum atomic E-state index is 15.2. The van der Waals surface area contributed by atoms with Crippen LogP contribution in [0.25, 0.3) is 5.69 Å². The largest absolute Gasteiger partial charge is 0.419 e. The fourth-order valence-corrected chi connectivity index (χ4v) is 4.26. The van der Waals surface area contributed by atoms with Gasteiger partial charge in [0.1, 0.15) is 0 Å². The molecule has 1 aliphatic heterocycles. The van der Waals surface area contributed by atoms with Gasteiger partial charge < -0.3 is 9.64 Å². The molecule has 0 amide bonds. The molecule has 34 heavy (non-hydrogen) atoms. The molecule has 0 radical (unpaired) electrons. The zero-order chi connectivity index (χ0) is 24.6. The summed E-state index contributed by atoms with van der Waals surface area (Å²) in [6, 6.07) is 2.06. The van der Waals surface area contributed by atoms with Gasteiger partial charge in [-0.1, -0.05) is 0 Å². The van der Waals surface area contributed by atoms with Gasteiger partial charge in [-0.2, -0.15) is 18.3 Å². The average molecular weight is 481 g/mol. The van der Waals surface area contributed by atoms with Crippen LogP contribution in [0.3, 0.4) is 0 Å². The van der Waals surface area contributed by atoms with Gasteiger partial charge in [0, 0.05) is 62.2 Å². The summed E-state index contributed by atoms with van der Waals surface area (Å²) in [4.78, 5) is 14.9. The number of aryl methyl sites for hydroxylation is 2. The second-order valence-corrected chi connectivity index (χ2v) is 8.49. The van der Waals surface area contributed by atoms with E-state index in [1.807, 2.05) is 6.92 Å². The molecule has 1 fully saturated rings. The number of alkyl halides is 3. The number of hydrogen-bond acceptors (Lipinski definition) is 4. The summed E-state index contributed by atoms with van der Waals surface area (Å²) in [5.41, 5.74) is -1.02. The first-order valence-corrected chi connectivity index (χ1v) is 11.1. The third kappa shape index (κ3) is 4.61. The Hall–Kier alpha value is -3.08. The van der Waals surface area contributed by atoms with Gasteiger partial charge in [-0.15, -0.1) is 0 Å². The Balaban J connectivity index is 1.79. The number of anilines is 1. The van der Waals surface area contributed by atoms with Crippen LogP contribution in [0.1, 0.15) is 36.6 Å². The first-order chi connectivity index (χ1) is 16.1. The Bertz CT molecular complexity index is 1220. The van der Waals surface area contributed by atoms with E-state index in [-0.39, 0.29) is 18.3 Å². The van der Waals surface area contributed by atoms with Crippen LogP contribution in [-0.2, 0) is 24.0 Å². The number of rotatable bonds is 6. The second-order valence-electron chi connectivity index (χ2n) is 8.49. The van der Waals surface area contributed by atoms with Gasteiger partial charge in [-0.3, -0.25) is 13.8 Å². The van der Waals surface area contributed by atoms with Gasteiger partial charge in [-0.25, -0.2) is 9.18 Å². The summed E-state index contributed by atoms with van der Waals surface area (Å²) in [5.74, 6) is -1.48. The maximum Gasteiger partial charge on any atom is 0.419 e. The van der Waals surface area contributed by atoms with Gasteiger partial charge in [0.2, 0.25) is 0 Å². The van der Waals surface area contributed by atoms with E-state index >= 15 is 4.39 Å². The summed E-state index contributed by atoms with van der Waals surface area (Å²) < 4.78 is 65.9. The highest BCUT2D eigenvalue weighted by Crippen LogP contribution is 2.37. The second kappa shape index (κ2) is 9.28. The Labute approximate surface area is 194 Å². The van der Waals surface area contributed by atoms with Crippen molar-refractivity contribution >= 4 is 5.69 Å². The first-order valence-electron chi connectivity index (χ1n) is 11.1. The predicted molar refractivity (Wildman–Crippen MR) is 119 cm³/mol. The smallest absolute Gasteiger partial charge is 0.381 e. The standard InChI is InChI=1S/C23H27F4N5O2/c1-4-30-13-16(11-28-30)14-31-15(2)12-32(22(31)33)20-10-18(9-19(21(20)24)23(25,26)27)29(3)17-5-7-34-8-6-17/h9-13,17H,4-8,14H2,1-3H3. The normalized spacial score (nSPS) is 15.1. The van der Waals surface area contributed by atoms with Crippen LogP contribution >= 0.6 is 0 Å². The molecule has 7 nitrogen and oxygen atoms in total. The lowest BCUT2D eigenvalue weighted by atomic mass is 10.0. The van der Waals surface area contributed by atoms with Crippen LogP contribution in [0.4, 0.5) is 23.2 Å². The summed E-state index contributed by atoms with van der Waals surface area (Å²) in [6.07, 6.45) is 1.15. The number of halogens is 4. The number of benzene rings is 1. The average Bonchev–Trinajstić information content (AvgIpc) is 3.38. The van der Waals surface area contributed by atoms with Crippen molar-refractivity contribution in [1.29, 1.82) is 0 Å². The maximum absolute atomic E-state index is 15.2. The van der Waals surface area contributed by atoms with E-state index < -0.39 is 28.9 Å². The fraction of sp³-hybridized carbons (Fsp3) is 0.478. The monoisotopic (exact) mass is 481 g/mol. The Kier molecular flexibility index (Phi) is 6.57. The minimum atomic E-state index is -4.92. The number of imidazole rings is 1. The van der Waals surface area contributed by atoms with Crippen molar-refractivity contribution in [3.05, 3.63) is 63.8 Å². The van der Waals surface area contributed by atoms with E-state index in [0.717, 1.165) is 16.2 Å². The highest BCUT2D eigenvalue weighted by Gasteiger charge is 2.37. The molecule has 1 aliphatic rings. The van der Waals surface area contributed by atoms with E-state index in [1.165, 1.54) is 16.8 Å². The molecule has 3 aromatic rings. The van der Waals surface area contributed by atoms with Crippen LogP contribution in [-0.4, -0.2) is 45.2 Å². The summed E-state index contributed by atoms with van der Waals surface area (Å²) >= 11 is 0. The summed E-state index contributed by atoms with van der Waals surface area (Å²) in [7, 11) is 1.68. The first kappa shape index (κ1) is 24.1. The van der Waals surface area contributed by atoms with E-state index in [1.54, 1.807) is 35.9 Å². The summed E-state index contributed by atoms with van der Waals surface area (Å²) in [6.45, 7) is 5.43. The van der Waals surface area contributed by atoms with E-state index in [0.29, 0.717) is 38.3 Å². The van der Waals surface area contributed by atoms with Crippen LogP contribution in [0.2, 0.25) is 0 Å². The molecule has 0 bridgehead atoms. The Morgan fingerprint density at radius 1 is 1.21 bits per heavy atom. The number of nitrogens with zero attached hydrogens (tertiary/aromatic N) is 5. The van der Waals surface area contributed by atoms with Gasteiger partial charge in [0.15, 0.2) is 5.82 Å². The fourth-order valence-electron chi connectivity index (χ4n) is 4.26. The van der Waals surface area contributed by atoms with E-state index in [9.17, 15) is 18.0 Å². The zero-order valence-electron chi connectivity index (χ0n) is 19.3. The van der Waals surface area contributed by atoms with E-state index in [2.05, 4.69) is 5.10 Å². The highest BCUT2D eigenvalue weighted by molar-refractivity contribution is 5.58. The van der Waals surface area contributed by atoms with Crippen LogP contribution in [0.5, 0.6) is 0 Å². The van der Waals surface area contributed by atoms with Crippen molar-refractivity contribution in [1.82, 2.24) is 18.9 Å². The van der Waals surface area contributed by atoms with Crippen LogP contribution in [0, 0.1) is 12.7 Å². The van der Waals surface area contributed by atoms with E-state index in [4.69, 9.17) is 4.74 Å². The molecule has 1 saturated heterocycles. The number of aromatic nitrogens is 4. The number of ether oxygens (including phenoxy) is 1. The minimum absolute atomic E-state index is 0.0497. The molecule has 4 rings (SSSR count). The molecule has 3 heterocycles. The highest BCUT2D eigenvalue weighted by atomic mass is 19.4. The molecule has 0 N–H and O–H groups in total. The van der Waals surface area contributed by atoms with Gasteiger partial charge >= 0.3 is 11.9 Å². The van der Waals surface area contributed by atoms with Crippen molar-refractivity contribution in [2.24, 2.45) is 0 Å². The van der Waals surface area contributed by atoms with Gasteiger partial charge in [0.05, 0.1) is 24.0 Å². The molecule has 184 valence electrons. The molecule has 0 aliphatic carbocycles. The predicted octanol–water partition coefficient (Wildman–Crippen LogP) is 3.99. The quantitative estimate of drug-likeness (QED) is 0.500. The molecule has 0 unspecified atom stereocenters. The minimum Gasteiger partial charge on any atom is -0.381 e. The lowest BCUT2D eigenvalue weighted by molar-refractivity contribution is -0.139. The molecular formula is C23H27F4N5O2. The van der Waals surface area contributed by atoms with Crippen molar-refractivity contribution < 1.29 is 22.3 Å². The SMILES string of the molecule is CCn1cc(Cn2c(C)cn(-c3cc(N(C)C4CCOCC4)cc(C(F)(F)F)c3F)c2=O)cn1. The number of hydrogen-bond donors (Lipinski definition) is 0. The van der Waals surface area contributed by atoms with Crippen molar-refractivity contribution in [3.63, 3.8) is 0 Å². The third-order valence-corrected chi connectivity index (χ3v) is 6.28. The lowest BCUT2D eigenvalue weighted by Crippen LogP contribution is -2.37. The Morgan fingerprint density at radius 2 is 1.91 bits per heavy atom. The Morgan fingerprint density at radius 3 is 2.53 bits per heavy atom. The summed E-state index contributed by atoms with van der Waals surface area (Å²) in [5, 5.41) is 4.18. The molecule has 1 aromatic carbocycles. The lowest BCUT2D eigenvalue weighted by Gasteiger charge is -2.33. The molecule has 0 spiro atoms. The molecular weight excluding hydrogens is 454 g/mol. The molecule has 11 heteroatoms. The van der Waals surface area contributed by atoms with Crippen LogP contribution < -0.4 is 10.6 Å². The molecule has 2 aromatic heterocycles. The zero-order valence-corrected chi connectivity index (χ0v) is 19.3. The van der Waals surface area contributed by atoms with Crippen molar-refractivity contribution in [2.45, 2.75) is 52.0 Å². The van der Waals surface area contributed by atoms with Crippen molar-refractivity contribution in [3.8, 4) is 5.69 Å². The topological polar surface area (TPSA) is 57.2 Å². The molecule has 0 atom stereocenters. The van der Waals surface area contributed by atoms with Gasteiger partial charge in [-0.05, 0) is 38.8 Å². The van der Waals surface area contributed by atoms with Crippen molar-refractivity contribution in [2.75, 3.05) is 25.2 Å². The third-order valence-electron chi connectivity index (χ3n) is 6.28. The van der Waals surface area contributed by atoms with Crippen LogP contribution in [0.15, 0.2) is 35.5 Å².